The van der Waals surface area contributed by atoms with E-state index in [0.29, 0.717) is 0 Å². The first-order chi connectivity index (χ1) is 4.46. The van der Waals surface area contributed by atoms with Crippen molar-refractivity contribution in [2.75, 3.05) is 0 Å². The Bertz CT molecular complexity index is 86.8. The minimum Gasteiger partial charge on any atom is -0.521 e. The van der Waals surface area contributed by atoms with Gasteiger partial charge in [-0.3, -0.25) is 15.7 Å². The van der Waals surface area contributed by atoms with Crippen LogP contribution in [0, 0.1) is 6.58 Å². The maximum atomic E-state index is 8.74. The van der Waals surface area contributed by atoms with Gasteiger partial charge in [-0.2, -0.15) is 0 Å². The summed E-state index contributed by atoms with van der Waals surface area (Å²) in [4.78, 5) is 28.6. The molecule has 0 spiro atoms. The van der Waals surface area contributed by atoms with E-state index in [0.717, 1.165) is 0 Å². The second-order valence-corrected chi connectivity index (χ2v) is 1.70. The van der Waals surface area contributed by atoms with E-state index >= 15 is 0 Å². The fourth-order valence-electron chi connectivity index (χ4n) is 0. The van der Waals surface area contributed by atoms with Gasteiger partial charge < -0.3 is 26.2 Å². The van der Waals surface area contributed by atoms with Gasteiger partial charge in [-0.1, -0.05) is 0 Å². The summed E-state index contributed by atoms with van der Waals surface area (Å²) in [7, 11) is -6.26. The zero-order chi connectivity index (χ0) is 9.15. The van der Waals surface area contributed by atoms with E-state index in [1.807, 2.05) is 0 Å². The van der Waals surface area contributed by atoms with Gasteiger partial charge in [-0.05, 0) is 0 Å². The van der Waals surface area contributed by atoms with Crippen molar-refractivity contribution < 1.29 is 61.4 Å². The van der Waals surface area contributed by atoms with Gasteiger partial charge in [0.15, 0.2) is 0 Å². The predicted octanol–water partition coefficient (Wildman–Crippen LogP) is -0.676. The second kappa shape index (κ2) is 22.5. The molecule has 0 aromatic carbocycles. The summed E-state index contributed by atoms with van der Waals surface area (Å²) in [5.41, 5.74) is 0. The zero-order valence-corrected chi connectivity index (χ0v) is 10.3. The summed E-state index contributed by atoms with van der Waals surface area (Å²) < 4.78 is 17.5. The summed E-state index contributed by atoms with van der Waals surface area (Å²) >= 11 is 0. The number of rotatable bonds is 0. The van der Waals surface area contributed by atoms with Crippen molar-refractivity contribution in [2.45, 2.75) is 0 Å². The summed E-state index contributed by atoms with van der Waals surface area (Å²) in [6.45, 7) is 7.00. The molecule has 1 radical (unpaired) electrons. The molecule has 0 saturated carbocycles. The van der Waals surface area contributed by atoms with Crippen molar-refractivity contribution >= 4 is 16.5 Å². The van der Waals surface area contributed by atoms with Crippen molar-refractivity contribution in [2.24, 2.45) is 0 Å². The summed E-state index contributed by atoms with van der Waals surface area (Å²) in [5, 5.41) is 0. The van der Waals surface area contributed by atoms with Gasteiger partial charge in [0.2, 0.25) is 0 Å². The van der Waals surface area contributed by atoms with Crippen LogP contribution in [-0.2, 0) is 41.8 Å². The van der Waals surface area contributed by atoms with Crippen LogP contribution in [-0.4, -0.2) is 19.6 Å². The Morgan fingerprint density at radius 3 is 0.909 bits per heavy atom. The van der Waals surface area contributed by atoms with E-state index < -0.39 is 16.5 Å². The molecule has 0 aliphatic carbocycles. The Hall–Kier alpha value is 1.14. The minimum absolute atomic E-state index is 0. The van der Waals surface area contributed by atoms with Gasteiger partial charge in [0.1, 0.15) is 0 Å². The van der Waals surface area contributed by atoms with E-state index in [1.54, 1.807) is 0 Å². The Labute approximate surface area is 90.7 Å². The molecule has 0 aromatic heterocycles. The predicted molar refractivity (Wildman–Crippen MR) is 36.8 cm³/mol. The standard InChI is InChI=1S/C2H3.2H3O3P.Y/c1-2;2*1-4(2)3;/h1H,2H2;2*4H,(H2,1,2,3);/q-1;;;. The first kappa shape index (κ1) is 22.7. The summed E-state index contributed by atoms with van der Waals surface area (Å²) in [5.74, 6) is 0. The van der Waals surface area contributed by atoms with E-state index in [4.69, 9.17) is 28.7 Å². The molecule has 0 rings (SSSR count). The Morgan fingerprint density at radius 1 is 0.909 bits per heavy atom. The van der Waals surface area contributed by atoms with Gasteiger partial charge in [-0.15, -0.1) is 0 Å². The summed E-state index contributed by atoms with van der Waals surface area (Å²) in [6, 6.07) is 0. The van der Waals surface area contributed by atoms with Gasteiger partial charge in [0, 0.05) is 32.7 Å². The topological polar surface area (TPSA) is 115 Å². The van der Waals surface area contributed by atoms with Crippen LogP contribution in [0.2, 0.25) is 0 Å². The third-order valence-electron chi connectivity index (χ3n) is 0. The molecule has 0 atom stereocenters. The zero-order valence-electron chi connectivity index (χ0n) is 5.47. The van der Waals surface area contributed by atoms with Gasteiger partial charge in [-0.25, -0.2) is 0 Å². The van der Waals surface area contributed by atoms with E-state index in [1.165, 1.54) is 0 Å². The molecule has 0 aliphatic heterocycles. The average Bonchev–Trinajstić information content (AvgIpc) is 1.66. The average molecular weight is 280 g/mol. The normalized spacial score (nSPS) is 6.73. The molecule has 0 unspecified atom stereocenters. The molecule has 9 heteroatoms. The molecule has 0 heterocycles. The van der Waals surface area contributed by atoms with Gasteiger partial charge >= 0.3 is 16.5 Å². The molecule has 0 fully saturated rings. The minimum atomic E-state index is -3.13. The third-order valence-corrected chi connectivity index (χ3v) is 0. The van der Waals surface area contributed by atoms with Crippen molar-refractivity contribution in [3.63, 3.8) is 0 Å². The molecule has 67 valence electrons. The molecule has 0 aliphatic rings. The largest absolute Gasteiger partial charge is 0.521 e. The first-order valence-corrected chi connectivity index (χ1v) is 4.32. The quantitative estimate of drug-likeness (QED) is 0.345. The maximum absolute atomic E-state index is 8.74. The molecular weight excluding hydrogens is 271 g/mol. The Balaban J connectivity index is -0.0000000339. The first-order valence-electron chi connectivity index (χ1n) is 1.71. The van der Waals surface area contributed by atoms with Crippen LogP contribution >= 0.6 is 16.5 Å². The van der Waals surface area contributed by atoms with E-state index in [9.17, 15) is 0 Å². The van der Waals surface area contributed by atoms with Crippen LogP contribution in [0.5, 0.6) is 0 Å². The van der Waals surface area contributed by atoms with Crippen LogP contribution in [0.25, 0.3) is 0 Å². The molecule has 6 nitrogen and oxygen atoms in total. The van der Waals surface area contributed by atoms with Crippen molar-refractivity contribution in [3.8, 4) is 0 Å². The number of hydrogen-bond donors (Lipinski definition) is 4. The Kier molecular flexibility index (Phi) is 46.4. The van der Waals surface area contributed by atoms with E-state index in [-0.39, 0.29) is 32.7 Å². The maximum Gasteiger partial charge on any atom is 0.314 e. The van der Waals surface area contributed by atoms with Crippen LogP contribution in [0.3, 0.4) is 0 Å². The van der Waals surface area contributed by atoms with Gasteiger partial charge in [0.05, 0.1) is 0 Å². The van der Waals surface area contributed by atoms with Gasteiger partial charge in [0.25, 0.3) is 0 Å². The van der Waals surface area contributed by atoms with Crippen molar-refractivity contribution in [1.82, 2.24) is 0 Å². The van der Waals surface area contributed by atoms with Crippen LogP contribution in [0.15, 0.2) is 6.58 Å². The monoisotopic (exact) mass is 280 g/mol. The third kappa shape index (κ3) is 712. The van der Waals surface area contributed by atoms with Crippen LogP contribution in [0.4, 0.5) is 0 Å². The summed E-state index contributed by atoms with van der Waals surface area (Å²) in [6.07, 6.45) is 0. The molecule has 11 heavy (non-hydrogen) atoms. The SMILES string of the molecule is O=[PH](O)O.O=[PH](O)O.[CH-]=C.[Y]. The van der Waals surface area contributed by atoms with Crippen molar-refractivity contribution in [1.29, 1.82) is 0 Å². The molecule has 0 aromatic rings. The van der Waals surface area contributed by atoms with E-state index in [2.05, 4.69) is 13.2 Å². The molecular formula is C2H9O6P2Y-. The van der Waals surface area contributed by atoms with Crippen LogP contribution < -0.4 is 0 Å². The number of hydrogen-bond acceptors (Lipinski definition) is 2. The fraction of sp³-hybridized carbons (Fsp3) is 0. The molecule has 0 saturated heterocycles. The fourth-order valence-corrected chi connectivity index (χ4v) is 0. The van der Waals surface area contributed by atoms with Crippen molar-refractivity contribution in [3.05, 3.63) is 13.2 Å². The molecule has 4 N–H and O–H groups in total. The molecule has 0 bridgehead atoms. The molecule has 0 amide bonds. The smallest absolute Gasteiger partial charge is 0.314 e. The Morgan fingerprint density at radius 2 is 0.909 bits per heavy atom. The van der Waals surface area contributed by atoms with Crippen LogP contribution in [0.1, 0.15) is 0 Å². The second-order valence-electron chi connectivity index (χ2n) is 0.565.